The van der Waals surface area contributed by atoms with Crippen molar-refractivity contribution in [1.82, 2.24) is 10.3 Å². The second-order valence-electron chi connectivity index (χ2n) is 4.12. The minimum absolute atomic E-state index is 0.113. The number of nitrogens with two attached hydrogens (primary N) is 1. The molecule has 0 bridgehead atoms. The van der Waals surface area contributed by atoms with E-state index in [4.69, 9.17) is 10.5 Å². The monoisotopic (exact) mass is 251 g/mol. The number of nitrogens with one attached hydrogen (secondary N) is 1. The molecule has 3 N–H and O–H groups in total. The number of nitrogen functional groups attached to an aromatic ring is 1. The molecule has 5 heteroatoms. The second kappa shape index (κ2) is 7.66. The number of carbonyl (C=O) groups excluding carboxylic acids is 1. The first-order valence-electron chi connectivity index (χ1n) is 6.21. The molecular weight excluding hydrogens is 230 g/mol. The van der Waals surface area contributed by atoms with Crippen LogP contribution in [0, 0.1) is 0 Å². The molecule has 100 valence electrons. The molecule has 1 rings (SSSR count). The number of aromatic nitrogens is 1. The summed E-state index contributed by atoms with van der Waals surface area (Å²) in [4.78, 5) is 16.1. The van der Waals surface area contributed by atoms with E-state index in [1.807, 2.05) is 0 Å². The third-order valence-corrected chi connectivity index (χ3v) is 2.48. The van der Waals surface area contributed by atoms with Gasteiger partial charge in [-0.3, -0.25) is 4.79 Å². The molecule has 0 atom stereocenters. The Labute approximate surface area is 108 Å². The normalized spacial score (nSPS) is 10.3. The number of ether oxygens (including phenoxy) is 1. The zero-order valence-corrected chi connectivity index (χ0v) is 11.0. The van der Waals surface area contributed by atoms with Crippen molar-refractivity contribution < 1.29 is 9.53 Å². The van der Waals surface area contributed by atoms with Gasteiger partial charge in [0, 0.05) is 31.5 Å². The molecule has 0 aliphatic rings. The molecule has 0 aliphatic carbocycles. The van der Waals surface area contributed by atoms with Crippen molar-refractivity contribution in [3.05, 3.63) is 23.4 Å². The standard InChI is InChI=1S/C13H21N3O2/c1-3-5-11-8-10(9-12(14)16-11)13(17)15-6-4-7-18-2/h8-9H,3-7H2,1-2H3,(H2,14,16)(H,15,17). The lowest BCUT2D eigenvalue weighted by Crippen LogP contribution is -2.25. The van der Waals surface area contributed by atoms with Crippen LogP contribution in [0.3, 0.4) is 0 Å². The summed E-state index contributed by atoms with van der Waals surface area (Å²) in [6, 6.07) is 3.40. The van der Waals surface area contributed by atoms with Crippen LogP contribution >= 0.6 is 0 Å². The number of aryl methyl sites for hydroxylation is 1. The van der Waals surface area contributed by atoms with Gasteiger partial charge in [0.2, 0.25) is 0 Å². The van der Waals surface area contributed by atoms with E-state index in [1.165, 1.54) is 0 Å². The molecule has 1 aromatic rings. The van der Waals surface area contributed by atoms with Crippen molar-refractivity contribution in [2.45, 2.75) is 26.2 Å². The predicted molar refractivity (Wildman–Crippen MR) is 71.5 cm³/mol. The third kappa shape index (κ3) is 4.71. The summed E-state index contributed by atoms with van der Waals surface area (Å²) >= 11 is 0. The molecule has 0 radical (unpaired) electrons. The average Bonchev–Trinajstić information content (AvgIpc) is 2.34. The van der Waals surface area contributed by atoms with Gasteiger partial charge in [0.05, 0.1) is 0 Å². The Kier molecular flexibility index (Phi) is 6.14. The fourth-order valence-electron chi connectivity index (χ4n) is 1.65. The fourth-order valence-corrected chi connectivity index (χ4v) is 1.65. The van der Waals surface area contributed by atoms with Crippen LogP contribution in [0.2, 0.25) is 0 Å². The molecule has 0 fully saturated rings. The van der Waals surface area contributed by atoms with E-state index in [0.29, 0.717) is 24.5 Å². The number of methoxy groups -OCH3 is 1. The van der Waals surface area contributed by atoms with Crippen LogP contribution in [0.15, 0.2) is 12.1 Å². The fraction of sp³-hybridized carbons (Fsp3) is 0.538. The predicted octanol–water partition coefficient (Wildman–Crippen LogP) is 1.38. The number of pyridine rings is 1. The molecule has 18 heavy (non-hydrogen) atoms. The van der Waals surface area contributed by atoms with Crippen molar-refractivity contribution in [3.8, 4) is 0 Å². The van der Waals surface area contributed by atoms with Gasteiger partial charge in [-0.1, -0.05) is 13.3 Å². The van der Waals surface area contributed by atoms with Crippen LogP contribution in [0.25, 0.3) is 0 Å². The van der Waals surface area contributed by atoms with Gasteiger partial charge in [0.1, 0.15) is 5.82 Å². The topological polar surface area (TPSA) is 77.2 Å². The van der Waals surface area contributed by atoms with Crippen molar-refractivity contribution >= 4 is 11.7 Å². The Morgan fingerprint density at radius 3 is 2.94 bits per heavy atom. The maximum absolute atomic E-state index is 11.9. The van der Waals surface area contributed by atoms with Gasteiger partial charge in [-0.15, -0.1) is 0 Å². The number of amides is 1. The molecule has 0 spiro atoms. The smallest absolute Gasteiger partial charge is 0.251 e. The molecule has 0 saturated heterocycles. The molecule has 0 unspecified atom stereocenters. The SMILES string of the molecule is CCCc1cc(C(=O)NCCCOC)cc(N)n1. The molecule has 1 amide bonds. The molecule has 0 aromatic carbocycles. The number of hydrogen-bond acceptors (Lipinski definition) is 4. The largest absolute Gasteiger partial charge is 0.385 e. The maximum atomic E-state index is 11.9. The summed E-state index contributed by atoms with van der Waals surface area (Å²) in [6.45, 7) is 3.30. The lowest BCUT2D eigenvalue weighted by Gasteiger charge is -2.07. The quantitative estimate of drug-likeness (QED) is 0.718. The highest BCUT2D eigenvalue weighted by Crippen LogP contribution is 2.09. The number of anilines is 1. The van der Waals surface area contributed by atoms with E-state index in [9.17, 15) is 4.79 Å². The summed E-state index contributed by atoms with van der Waals surface area (Å²) in [5.74, 6) is 0.278. The maximum Gasteiger partial charge on any atom is 0.251 e. The summed E-state index contributed by atoms with van der Waals surface area (Å²) < 4.78 is 4.92. The number of hydrogen-bond donors (Lipinski definition) is 2. The molecule has 1 aromatic heterocycles. The van der Waals surface area contributed by atoms with Gasteiger partial charge in [0.15, 0.2) is 0 Å². The first kappa shape index (κ1) is 14.4. The molecular formula is C13H21N3O2. The first-order chi connectivity index (χ1) is 8.67. The van der Waals surface area contributed by atoms with Gasteiger partial charge in [0.25, 0.3) is 5.91 Å². The zero-order valence-electron chi connectivity index (χ0n) is 11.0. The number of nitrogens with zero attached hydrogens (tertiary/aromatic N) is 1. The Hall–Kier alpha value is -1.62. The summed E-state index contributed by atoms with van der Waals surface area (Å²) in [7, 11) is 1.64. The van der Waals surface area contributed by atoms with Crippen molar-refractivity contribution in [2.75, 3.05) is 26.0 Å². The summed E-state index contributed by atoms with van der Waals surface area (Å²) in [5.41, 5.74) is 7.13. The minimum Gasteiger partial charge on any atom is -0.385 e. The average molecular weight is 251 g/mol. The van der Waals surface area contributed by atoms with E-state index in [0.717, 1.165) is 25.0 Å². The molecule has 5 nitrogen and oxygen atoms in total. The van der Waals surface area contributed by atoms with Crippen molar-refractivity contribution in [3.63, 3.8) is 0 Å². The van der Waals surface area contributed by atoms with E-state index in [2.05, 4.69) is 17.2 Å². The lowest BCUT2D eigenvalue weighted by molar-refractivity contribution is 0.0948. The highest BCUT2D eigenvalue weighted by Gasteiger charge is 2.08. The van der Waals surface area contributed by atoms with Gasteiger partial charge < -0.3 is 15.8 Å². The van der Waals surface area contributed by atoms with Gasteiger partial charge in [-0.25, -0.2) is 4.98 Å². The van der Waals surface area contributed by atoms with E-state index < -0.39 is 0 Å². The Bertz CT molecular complexity index is 394. The lowest BCUT2D eigenvalue weighted by atomic mass is 10.1. The summed E-state index contributed by atoms with van der Waals surface area (Å²) in [6.07, 6.45) is 2.60. The molecule has 0 aliphatic heterocycles. The Morgan fingerprint density at radius 1 is 1.50 bits per heavy atom. The highest BCUT2D eigenvalue weighted by molar-refractivity contribution is 5.94. The zero-order chi connectivity index (χ0) is 13.4. The molecule has 0 saturated carbocycles. The van der Waals surface area contributed by atoms with Crippen molar-refractivity contribution in [2.24, 2.45) is 0 Å². The first-order valence-corrected chi connectivity index (χ1v) is 6.21. The second-order valence-corrected chi connectivity index (χ2v) is 4.12. The van der Waals surface area contributed by atoms with E-state index in [1.54, 1.807) is 19.2 Å². The Balaban J connectivity index is 2.61. The van der Waals surface area contributed by atoms with Crippen LogP contribution < -0.4 is 11.1 Å². The van der Waals surface area contributed by atoms with Crippen LogP contribution in [-0.4, -0.2) is 31.2 Å². The van der Waals surface area contributed by atoms with Crippen LogP contribution in [-0.2, 0) is 11.2 Å². The molecule has 1 heterocycles. The number of rotatable bonds is 7. The Morgan fingerprint density at radius 2 is 2.28 bits per heavy atom. The highest BCUT2D eigenvalue weighted by atomic mass is 16.5. The van der Waals surface area contributed by atoms with Crippen LogP contribution in [0.4, 0.5) is 5.82 Å². The van der Waals surface area contributed by atoms with Gasteiger partial charge in [-0.05, 0) is 25.0 Å². The minimum atomic E-state index is -0.113. The summed E-state index contributed by atoms with van der Waals surface area (Å²) in [5, 5.41) is 2.83. The van der Waals surface area contributed by atoms with Gasteiger partial charge >= 0.3 is 0 Å². The van der Waals surface area contributed by atoms with Crippen LogP contribution in [0.5, 0.6) is 0 Å². The van der Waals surface area contributed by atoms with E-state index in [-0.39, 0.29) is 5.91 Å². The van der Waals surface area contributed by atoms with Gasteiger partial charge in [-0.2, -0.15) is 0 Å². The van der Waals surface area contributed by atoms with Crippen molar-refractivity contribution in [1.29, 1.82) is 0 Å². The van der Waals surface area contributed by atoms with Crippen LogP contribution in [0.1, 0.15) is 35.8 Å². The third-order valence-electron chi connectivity index (χ3n) is 2.48. The van der Waals surface area contributed by atoms with E-state index >= 15 is 0 Å². The number of carbonyl (C=O) groups is 1.